The second kappa shape index (κ2) is 10.7. The van der Waals surface area contributed by atoms with Gasteiger partial charge in [-0.3, -0.25) is 14.4 Å². The fraction of sp³-hybridized carbons (Fsp3) is 0.440. The summed E-state index contributed by atoms with van der Waals surface area (Å²) in [5.74, 6) is 0.177. The number of nitrogens with zero attached hydrogens (tertiary/aromatic N) is 4. The van der Waals surface area contributed by atoms with Crippen molar-refractivity contribution in [1.82, 2.24) is 19.7 Å². The highest BCUT2D eigenvalue weighted by Crippen LogP contribution is 2.21. The van der Waals surface area contributed by atoms with Crippen LogP contribution >= 0.6 is 11.3 Å². The zero-order valence-electron chi connectivity index (χ0n) is 19.0. The Kier molecular flexibility index (Phi) is 7.54. The summed E-state index contributed by atoms with van der Waals surface area (Å²) in [6.07, 6.45) is 5.15. The minimum Gasteiger partial charge on any atom is -0.339 e. The maximum Gasteiger partial charge on any atom is 0.246 e. The smallest absolute Gasteiger partial charge is 0.246 e. The summed E-state index contributed by atoms with van der Waals surface area (Å²) in [7, 11) is 0. The lowest BCUT2D eigenvalue weighted by molar-refractivity contribution is -0.143. The molecule has 2 fully saturated rings. The van der Waals surface area contributed by atoms with Crippen LogP contribution in [0.4, 0.5) is 0 Å². The molecule has 2 aliphatic heterocycles. The number of aromatic nitrogens is 1. The highest BCUT2D eigenvalue weighted by molar-refractivity contribution is 7.09. The molecule has 174 valence electrons. The molecule has 3 amide bonds. The highest BCUT2D eigenvalue weighted by atomic mass is 32.1. The van der Waals surface area contributed by atoms with Crippen LogP contribution in [-0.2, 0) is 20.8 Å². The molecule has 2 aromatic rings. The lowest BCUT2D eigenvalue weighted by Gasteiger charge is -2.38. The third-order valence-corrected chi connectivity index (χ3v) is 7.25. The molecule has 0 spiro atoms. The maximum atomic E-state index is 13.0. The van der Waals surface area contributed by atoms with Gasteiger partial charge in [0, 0.05) is 62.3 Å². The Hall–Kier alpha value is -3.00. The third-order valence-electron chi connectivity index (χ3n) is 6.29. The van der Waals surface area contributed by atoms with Crippen LogP contribution in [0.25, 0.3) is 6.08 Å². The first kappa shape index (κ1) is 23.2. The summed E-state index contributed by atoms with van der Waals surface area (Å²) < 4.78 is 0. The number of amides is 3. The van der Waals surface area contributed by atoms with Gasteiger partial charge in [0.1, 0.15) is 5.01 Å². The van der Waals surface area contributed by atoms with Crippen LogP contribution in [0.15, 0.2) is 41.8 Å². The SMILES string of the molecule is Cc1csc(CC(=O)N2CCN(C(=O)C3CCN(C(=O)C=Cc4ccccc4)CC3)CC2)n1. The van der Waals surface area contributed by atoms with Crippen molar-refractivity contribution in [2.75, 3.05) is 39.3 Å². The van der Waals surface area contributed by atoms with Crippen LogP contribution in [0.1, 0.15) is 29.1 Å². The van der Waals surface area contributed by atoms with Crippen molar-refractivity contribution in [1.29, 1.82) is 0 Å². The van der Waals surface area contributed by atoms with Crippen molar-refractivity contribution in [3.8, 4) is 0 Å². The predicted molar refractivity (Wildman–Crippen MR) is 128 cm³/mol. The van der Waals surface area contributed by atoms with E-state index in [1.807, 2.05) is 63.4 Å². The molecular formula is C25H30N4O3S. The number of piperazine rings is 1. The molecule has 0 radical (unpaired) electrons. The molecular weight excluding hydrogens is 436 g/mol. The van der Waals surface area contributed by atoms with Gasteiger partial charge in [-0.2, -0.15) is 0 Å². The highest BCUT2D eigenvalue weighted by Gasteiger charge is 2.32. The number of likely N-dealkylation sites (tertiary alicyclic amines) is 1. The van der Waals surface area contributed by atoms with Crippen molar-refractivity contribution in [2.24, 2.45) is 5.92 Å². The van der Waals surface area contributed by atoms with Gasteiger partial charge in [-0.25, -0.2) is 4.98 Å². The fourth-order valence-corrected chi connectivity index (χ4v) is 5.11. The average Bonchev–Trinajstić information content (AvgIpc) is 3.27. The summed E-state index contributed by atoms with van der Waals surface area (Å²) in [6, 6.07) is 9.75. The molecule has 0 unspecified atom stereocenters. The number of thiazole rings is 1. The van der Waals surface area contributed by atoms with Crippen LogP contribution in [0, 0.1) is 12.8 Å². The van der Waals surface area contributed by atoms with Gasteiger partial charge in [0.05, 0.1) is 6.42 Å². The average molecular weight is 467 g/mol. The van der Waals surface area contributed by atoms with Crippen LogP contribution in [-0.4, -0.2) is 76.7 Å². The zero-order chi connectivity index (χ0) is 23.2. The van der Waals surface area contributed by atoms with Gasteiger partial charge in [-0.1, -0.05) is 30.3 Å². The molecule has 0 N–H and O–H groups in total. The molecule has 1 aromatic heterocycles. The summed E-state index contributed by atoms with van der Waals surface area (Å²) in [4.78, 5) is 47.9. The molecule has 3 heterocycles. The van der Waals surface area contributed by atoms with E-state index in [0.717, 1.165) is 16.3 Å². The van der Waals surface area contributed by atoms with E-state index in [4.69, 9.17) is 0 Å². The molecule has 33 heavy (non-hydrogen) atoms. The Morgan fingerprint density at radius 1 is 0.970 bits per heavy atom. The van der Waals surface area contributed by atoms with E-state index in [2.05, 4.69) is 4.98 Å². The van der Waals surface area contributed by atoms with Gasteiger partial charge in [-0.05, 0) is 31.4 Å². The van der Waals surface area contributed by atoms with Gasteiger partial charge >= 0.3 is 0 Å². The van der Waals surface area contributed by atoms with Crippen molar-refractivity contribution in [2.45, 2.75) is 26.2 Å². The van der Waals surface area contributed by atoms with Crippen LogP contribution in [0.2, 0.25) is 0 Å². The third kappa shape index (κ3) is 6.07. The molecule has 0 saturated carbocycles. The molecule has 8 heteroatoms. The van der Waals surface area contributed by atoms with Crippen LogP contribution in [0.5, 0.6) is 0 Å². The van der Waals surface area contributed by atoms with Gasteiger partial charge in [-0.15, -0.1) is 11.3 Å². The van der Waals surface area contributed by atoms with Gasteiger partial charge in [0.2, 0.25) is 17.7 Å². The van der Waals surface area contributed by atoms with E-state index in [-0.39, 0.29) is 23.6 Å². The minimum absolute atomic E-state index is 0.00713. The van der Waals surface area contributed by atoms with Crippen LogP contribution < -0.4 is 0 Å². The first-order valence-corrected chi connectivity index (χ1v) is 12.4. The van der Waals surface area contributed by atoms with Crippen molar-refractivity contribution >= 4 is 35.1 Å². The molecule has 0 atom stereocenters. The Balaban J connectivity index is 1.20. The first-order valence-electron chi connectivity index (χ1n) is 11.5. The lowest BCUT2D eigenvalue weighted by atomic mass is 9.95. The van der Waals surface area contributed by atoms with E-state index >= 15 is 0 Å². The Morgan fingerprint density at radius 3 is 2.27 bits per heavy atom. The topological polar surface area (TPSA) is 73.8 Å². The molecule has 7 nitrogen and oxygen atoms in total. The number of hydrogen-bond donors (Lipinski definition) is 0. The Morgan fingerprint density at radius 2 is 1.64 bits per heavy atom. The predicted octanol–water partition coefficient (Wildman–Crippen LogP) is 2.62. The largest absolute Gasteiger partial charge is 0.339 e. The second-order valence-corrected chi connectivity index (χ2v) is 9.55. The Bertz CT molecular complexity index is 1000. The number of rotatable bonds is 5. The molecule has 2 aliphatic rings. The van der Waals surface area contributed by atoms with E-state index < -0.39 is 0 Å². The normalized spacial score (nSPS) is 17.5. The van der Waals surface area contributed by atoms with E-state index in [1.54, 1.807) is 6.08 Å². The monoisotopic (exact) mass is 466 g/mol. The summed E-state index contributed by atoms with van der Waals surface area (Å²) in [5.41, 5.74) is 1.94. The van der Waals surface area contributed by atoms with Crippen molar-refractivity contribution in [3.63, 3.8) is 0 Å². The number of piperidine rings is 1. The van der Waals surface area contributed by atoms with Crippen molar-refractivity contribution in [3.05, 3.63) is 58.1 Å². The van der Waals surface area contributed by atoms with Gasteiger partial charge < -0.3 is 14.7 Å². The zero-order valence-corrected chi connectivity index (χ0v) is 19.8. The van der Waals surface area contributed by atoms with Gasteiger partial charge in [0.25, 0.3) is 0 Å². The van der Waals surface area contributed by atoms with E-state index in [1.165, 1.54) is 11.3 Å². The summed E-state index contributed by atoms with van der Waals surface area (Å²) >= 11 is 1.51. The molecule has 0 bridgehead atoms. The number of carbonyl (C=O) groups is 3. The molecule has 1 aromatic carbocycles. The van der Waals surface area contributed by atoms with Crippen LogP contribution in [0.3, 0.4) is 0 Å². The summed E-state index contributed by atoms with van der Waals surface area (Å²) in [5, 5.41) is 2.80. The second-order valence-electron chi connectivity index (χ2n) is 8.61. The number of carbonyl (C=O) groups excluding carboxylic acids is 3. The maximum absolute atomic E-state index is 13.0. The van der Waals surface area contributed by atoms with Gasteiger partial charge in [0.15, 0.2) is 0 Å². The summed E-state index contributed by atoms with van der Waals surface area (Å²) in [6.45, 7) is 5.39. The quantitative estimate of drug-likeness (QED) is 0.635. The number of benzene rings is 1. The molecule has 4 rings (SSSR count). The molecule has 2 saturated heterocycles. The first-order chi connectivity index (χ1) is 16.0. The lowest BCUT2D eigenvalue weighted by Crippen LogP contribution is -2.53. The van der Waals surface area contributed by atoms with E-state index in [0.29, 0.717) is 58.5 Å². The van der Waals surface area contributed by atoms with Crippen molar-refractivity contribution < 1.29 is 14.4 Å². The number of hydrogen-bond acceptors (Lipinski definition) is 5. The minimum atomic E-state index is -0.0484. The molecule has 0 aliphatic carbocycles. The van der Waals surface area contributed by atoms with E-state index in [9.17, 15) is 14.4 Å². The number of aryl methyl sites for hydroxylation is 1. The standard InChI is InChI=1S/C25H30N4O3S/c1-19-18-33-22(26-19)17-24(31)28-13-15-29(16-14-28)25(32)21-9-11-27(12-10-21)23(30)8-7-20-5-3-2-4-6-20/h2-8,18,21H,9-17H2,1H3. The fourth-order valence-electron chi connectivity index (χ4n) is 4.34. The Labute approximate surface area is 198 Å².